The summed E-state index contributed by atoms with van der Waals surface area (Å²) in [7, 11) is 0. The quantitative estimate of drug-likeness (QED) is 0.730. The van der Waals surface area contributed by atoms with E-state index in [2.05, 4.69) is 5.32 Å². The molecule has 0 aliphatic rings. The van der Waals surface area contributed by atoms with Crippen molar-refractivity contribution in [2.45, 2.75) is 26.4 Å². The van der Waals surface area contributed by atoms with Crippen LogP contribution in [-0.2, 0) is 11.4 Å². The predicted molar refractivity (Wildman–Crippen MR) is 92.2 cm³/mol. The number of Topliss-reactive ketones (excluding diaryl/α,β-unsaturated/α-hetero) is 1. The van der Waals surface area contributed by atoms with Gasteiger partial charge in [-0.2, -0.15) is 0 Å². The molecule has 24 heavy (non-hydrogen) atoms. The lowest BCUT2D eigenvalue weighted by molar-refractivity contribution is -0.116. The number of ketones is 1. The van der Waals surface area contributed by atoms with Crippen molar-refractivity contribution in [1.29, 1.82) is 0 Å². The van der Waals surface area contributed by atoms with Crippen molar-refractivity contribution >= 4 is 17.4 Å². The van der Waals surface area contributed by atoms with Crippen molar-refractivity contribution in [3.63, 3.8) is 0 Å². The Morgan fingerprint density at radius 3 is 2.50 bits per heavy atom. The summed E-state index contributed by atoms with van der Waals surface area (Å²) in [5, 5.41) is 11.8. The summed E-state index contributed by atoms with van der Waals surface area (Å²) in [5.41, 5.74) is 1.90. The molecule has 0 aliphatic heterocycles. The molecule has 126 valence electrons. The molecule has 0 unspecified atom stereocenters. The summed E-state index contributed by atoms with van der Waals surface area (Å²) >= 11 is 0. The third-order valence-corrected chi connectivity index (χ3v) is 3.46. The van der Waals surface area contributed by atoms with Crippen molar-refractivity contribution in [2.24, 2.45) is 0 Å². The molecule has 2 aromatic rings. The molecule has 0 atom stereocenters. The Balaban J connectivity index is 1.85. The summed E-state index contributed by atoms with van der Waals surface area (Å²) in [6.45, 7) is 2.39. The van der Waals surface area contributed by atoms with Gasteiger partial charge in [-0.05, 0) is 48.9 Å². The molecule has 0 bridgehead atoms. The highest BCUT2D eigenvalue weighted by Gasteiger charge is 2.10. The smallest absolute Gasteiger partial charge is 0.224 e. The summed E-state index contributed by atoms with van der Waals surface area (Å²) in [6, 6.07) is 13.9. The first-order chi connectivity index (χ1) is 11.6. The Morgan fingerprint density at radius 1 is 1.08 bits per heavy atom. The standard InChI is InChI=1S/C19H21NO4/c1-2-24-17-8-6-15(7-9-17)18(22)10-11-19(23)20-16-5-3-4-14(12-16)13-21/h3-9,12,21H,2,10-11,13H2,1H3,(H,20,23). The third-order valence-electron chi connectivity index (χ3n) is 3.46. The maximum absolute atomic E-state index is 12.1. The Labute approximate surface area is 141 Å². The number of amides is 1. The highest BCUT2D eigenvalue weighted by atomic mass is 16.5. The van der Waals surface area contributed by atoms with Crippen LogP contribution in [0.2, 0.25) is 0 Å². The highest BCUT2D eigenvalue weighted by Crippen LogP contribution is 2.15. The molecule has 2 aromatic carbocycles. The minimum atomic E-state index is -0.232. The lowest BCUT2D eigenvalue weighted by Crippen LogP contribution is -2.13. The average molecular weight is 327 g/mol. The van der Waals surface area contributed by atoms with Crippen LogP contribution < -0.4 is 10.1 Å². The van der Waals surface area contributed by atoms with Crippen LogP contribution >= 0.6 is 0 Å². The van der Waals surface area contributed by atoms with Crippen molar-refractivity contribution in [3.8, 4) is 5.75 Å². The number of benzene rings is 2. The second kappa shape index (κ2) is 8.84. The number of nitrogens with one attached hydrogen (secondary N) is 1. The molecular formula is C19H21NO4. The van der Waals surface area contributed by atoms with E-state index < -0.39 is 0 Å². The van der Waals surface area contributed by atoms with Gasteiger partial charge in [0.15, 0.2) is 5.78 Å². The molecule has 0 radical (unpaired) electrons. The first kappa shape index (κ1) is 17.7. The number of hydrogen-bond acceptors (Lipinski definition) is 4. The lowest BCUT2D eigenvalue weighted by atomic mass is 10.1. The fraction of sp³-hybridized carbons (Fsp3) is 0.263. The molecule has 0 spiro atoms. The van der Waals surface area contributed by atoms with Gasteiger partial charge >= 0.3 is 0 Å². The van der Waals surface area contributed by atoms with Gasteiger partial charge in [-0.1, -0.05) is 12.1 Å². The van der Waals surface area contributed by atoms with E-state index in [0.29, 0.717) is 17.9 Å². The van der Waals surface area contributed by atoms with E-state index in [1.165, 1.54) is 0 Å². The van der Waals surface area contributed by atoms with Gasteiger partial charge in [0.05, 0.1) is 13.2 Å². The Hall–Kier alpha value is -2.66. The summed E-state index contributed by atoms with van der Waals surface area (Å²) < 4.78 is 5.33. The summed E-state index contributed by atoms with van der Waals surface area (Å²) in [5.74, 6) is 0.400. The van der Waals surface area contributed by atoms with Crippen LogP contribution in [0.4, 0.5) is 5.69 Å². The van der Waals surface area contributed by atoms with Crippen LogP contribution in [0.25, 0.3) is 0 Å². The number of rotatable bonds is 8. The SMILES string of the molecule is CCOc1ccc(C(=O)CCC(=O)Nc2cccc(CO)c2)cc1. The molecule has 5 nitrogen and oxygen atoms in total. The van der Waals surface area contributed by atoms with Gasteiger partial charge in [-0.15, -0.1) is 0 Å². The van der Waals surface area contributed by atoms with Crippen LogP contribution in [-0.4, -0.2) is 23.4 Å². The Morgan fingerprint density at radius 2 is 1.83 bits per heavy atom. The average Bonchev–Trinajstić information content (AvgIpc) is 2.61. The van der Waals surface area contributed by atoms with E-state index in [-0.39, 0.29) is 31.1 Å². The number of aliphatic hydroxyl groups excluding tert-OH is 1. The van der Waals surface area contributed by atoms with Crippen LogP contribution in [0.5, 0.6) is 5.75 Å². The zero-order valence-electron chi connectivity index (χ0n) is 13.6. The Bertz CT molecular complexity index is 695. The minimum Gasteiger partial charge on any atom is -0.494 e. The lowest BCUT2D eigenvalue weighted by Gasteiger charge is -2.07. The first-order valence-electron chi connectivity index (χ1n) is 7.88. The highest BCUT2D eigenvalue weighted by molar-refractivity contribution is 6.00. The third kappa shape index (κ3) is 5.21. The normalized spacial score (nSPS) is 10.2. The van der Waals surface area contributed by atoms with E-state index in [4.69, 9.17) is 9.84 Å². The van der Waals surface area contributed by atoms with Crippen LogP contribution in [0.3, 0.4) is 0 Å². The van der Waals surface area contributed by atoms with E-state index in [1.807, 2.05) is 6.92 Å². The van der Waals surface area contributed by atoms with Crippen molar-refractivity contribution in [2.75, 3.05) is 11.9 Å². The second-order valence-electron chi connectivity index (χ2n) is 5.29. The number of carbonyl (C=O) groups excluding carboxylic acids is 2. The largest absolute Gasteiger partial charge is 0.494 e. The van der Waals surface area contributed by atoms with Crippen molar-refractivity contribution < 1.29 is 19.4 Å². The van der Waals surface area contributed by atoms with Gasteiger partial charge in [-0.3, -0.25) is 9.59 Å². The van der Waals surface area contributed by atoms with Crippen LogP contribution in [0.15, 0.2) is 48.5 Å². The fourth-order valence-electron chi connectivity index (χ4n) is 2.25. The van der Waals surface area contributed by atoms with Gasteiger partial charge in [0.25, 0.3) is 0 Å². The topological polar surface area (TPSA) is 75.6 Å². The van der Waals surface area contributed by atoms with Crippen molar-refractivity contribution in [1.82, 2.24) is 0 Å². The van der Waals surface area contributed by atoms with Gasteiger partial charge < -0.3 is 15.2 Å². The molecular weight excluding hydrogens is 306 g/mol. The monoisotopic (exact) mass is 327 g/mol. The minimum absolute atomic E-state index is 0.0834. The maximum atomic E-state index is 12.1. The molecule has 0 fully saturated rings. The molecule has 2 N–H and O–H groups in total. The van der Waals surface area contributed by atoms with Gasteiger partial charge in [0, 0.05) is 24.1 Å². The summed E-state index contributed by atoms with van der Waals surface area (Å²) in [6.07, 6.45) is 0.245. The number of aliphatic hydroxyl groups is 1. The molecule has 0 aromatic heterocycles. The molecule has 5 heteroatoms. The van der Waals surface area contributed by atoms with E-state index >= 15 is 0 Å². The van der Waals surface area contributed by atoms with Gasteiger partial charge in [0.2, 0.25) is 5.91 Å². The van der Waals surface area contributed by atoms with Gasteiger partial charge in [0.1, 0.15) is 5.75 Å². The van der Waals surface area contributed by atoms with Crippen molar-refractivity contribution in [3.05, 3.63) is 59.7 Å². The predicted octanol–water partition coefficient (Wildman–Crippen LogP) is 3.18. The van der Waals surface area contributed by atoms with E-state index in [0.717, 1.165) is 11.3 Å². The Kier molecular flexibility index (Phi) is 6.51. The number of hydrogen-bond donors (Lipinski definition) is 2. The zero-order valence-corrected chi connectivity index (χ0v) is 13.6. The number of anilines is 1. The summed E-state index contributed by atoms with van der Waals surface area (Å²) in [4.78, 5) is 24.1. The molecule has 0 saturated carbocycles. The van der Waals surface area contributed by atoms with E-state index in [1.54, 1.807) is 48.5 Å². The zero-order chi connectivity index (χ0) is 17.4. The number of ether oxygens (including phenoxy) is 1. The second-order valence-corrected chi connectivity index (χ2v) is 5.29. The molecule has 0 aliphatic carbocycles. The first-order valence-corrected chi connectivity index (χ1v) is 7.88. The van der Waals surface area contributed by atoms with Crippen LogP contribution in [0, 0.1) is 0 Å². The van der Waals surface area contributed by atoms with E-state index in [9.17, 15) is 9.59 Å². The molecule has 2 rings (SSSR count). The molecule has 0 saturated heterocycles. The molecule has 0 heterocycles. The van der Waals surface area contributed by atoms with Crippen LogP contribution in [0.1, 0.15) is 35.7 Å². The fourth-order valence-corrected chi connectivity index (χ4v) is 2.25. The molecule has 1 amide bonds. The number of carbonyl (C=O) groups is 2. The van der Waals surface area contributed by atoms with Gasteiger partial charge in [-0.25, -0.2) is 0 Å². The maximum Gasteiger partial charge on any atom is 0.224 e.